The van der Waals surface area contributed by atoms with Gasteiger partial charge in [0.2, 0.25) is 5.91 Å². The van der Waals surface area contributed by atoms with E-state index in [0.29, 0.717) is 5.02 Å². The Hall–Kier alpha value is -1.39. The van der Waals surface area contributed by atoms with Crippen molar-refractivity contribution in [1.29, 1.82) is 0 Å². The number of nitrogens with zero attached hydrogens (tertiary/aromatic N) is 1. The van der Waals surface area contributed by atoms with E-state index >= 15 is 0 Å². The molecule has 5 heteroatoms. The molecular weight excluding hydrogens is 288 g/mol. The normalized spacial score (nSPS) is 24.0. The standard InChI is InChI=1S/C16H19ClN2O2/c17-13-3-1-11(2-4-13)15(20)12-6-9-19(10-7-12)14-5-8-18-16(14)21/h1-4,12,14H,5-10H2,(H,18,21). The van der Waals surface area contributed by atoms with E-state index in [4.69, 9.17) is 11.6 Å². The van der Waals surface area contributed by atoms with E-state index in [1.807, 2.05) is 0 Å². The quantitative estimate of drug-likeness (QED) is 0.870. The van der Waals surface area contributed by atoms with Gasteiger partial charge in [0.15, 0.2) is 5.78 Å². The summed E-state index contributed by atoms with van der Waals surface area (Å²) in [6.45, 7) is 2.41. The van der Waals surface area contributed by atoms with Crippen LogP contribution >= 0.6 is 11.6 Å². The van der Waals surface area contributed by atoms with Crippen LogP contribution in [0.1, 0.15) is 29.6 Å². The maximum absolute atomic E-state index is 12.5. The number of hydrogen-bond acceptors (Lipinski definition) is 3. The molecule has 0 spiro atoms. The van der Waals surface area contributed by atoms with E-state index < -0.39 is 0 Å². The first-order chi connectivity index (χ1) is 10.1. The predicted molar refractivity (Wildman–Crippen MR) is 81.5 cm³/mol. The van der Waals surface area contributed by atoms with Crippen LogP contribution in [0.5, 0.6) is 0 Å². The number of amides is 1. The van der Waals surface area contributed by atoms with Crippen molar-refractivity contribution in [2.45, 2.75) is 25.3 Å². The van der Waals surface area contributed by atoms with Crippen molar-refractivity contribution >= 4 is 23.3 Å². The van der Waals surface area contributed by atoms with E-state index in [-0.39, 0.29) is 23.7 Å². The number of ketones is 1. The van der Waals surface area contributed by atoms with Gasteiger partial charge in [-0.3, -0.25) is 14.5 Å². The Kier molecular flexibility index (Phi) is 4.27. The highest BCUT2D eigenvalue weighted by molar-refractivity contribution is 6.30. The third kappa shape index (κ3) is 3.11. The molecule has 0 saturated carbocycles. The van der Waals surface area contributed by atoms with E-state index in [1.54, 1.807) is 24.3 Å². The zero-order valence-corrected chi connectivity index (χ0v) is 12.6. The molecule has 1 amide bonds. The summed E-state index contributed by atoms with van der Waals surface area (Å²) in [4.78, 5) is 26.4. The largest absolute Gasteiger partial charge is 0.355 e. The Morgan fingerprint density at radius 3 is 2.38 bits per heavy atom. The van der Waals surface area contributed by atoms with Crippen LogP contribution < -0.4 is 5.32 Å². The van der Waals surface area contributed by atoms with E-state index in [0.717, 1.165) is 44.5 Å². The van der Waals surface area contributed by atoms with Gasteiger partial charge in [0.1, 0.15) is 0 Å². The lowest BCUT2D eigenvalue weighted by molar-refractivity contribution is -0.124. The van der Waals surface area contributed by atoms with Gasteiger partial charge in [0.05, 0.1) is 6.04 Å². The number of likely N-dealkylation sites (tertiary alicyclic amines) is 1. The fourth-order valence-electron chi connectivity index (χ4n) is 3.25. The first-order valence-corrected chi connectivity index (χ1v) is 7.84. The first-order valence-electron chi connectivity index (χ1n) is 7.46. The van der Waals surface area contributed by atoms with Crippen molar-refractivity contribution in [1.82, 2.24) is 10.2 Å². The van der Waals surface area contributed by atoms with Gasteiger partial charge in [-0.15, -0.1) is 0 Å². The minimum atomic E-state index is 0.0107. The van der Waals surface area contributed by atoms with Gasteiger partial charge >= 0.3 is 0 Å². The minimum absolute atomic E-state index is 0.0107. The second kappa shape index (κ2) is 6.16. The van der Waals surface area contributed by atoms with E-state index in [2.05, 4.69) is 10.2 Å². The molecule has 2 aliphatic heterocycles. The molecule has 1 aromatic rings. The maximum Gasteiger partial charge on any atom is 0.237 e. The highest BCUT2D eigenvalue weighted by Crippen LogP contribution is 2.25. The van der Waals surface area contributed by atoms with Gasteiger partial charge in [0.25, 0.3) is 0 Å². The molecule has 2 aliphatic rings. The van der Waals surface area contributed by atoms with Gasteiger partial charge in [-0.1, -0.05) is 11.6 Å². The molecule has 1 atom stereocenters. The molecule has 2 heterocycles. The molecule has 2 saturated heterocycles. The van der Waals surface area contributed by atoms with Gasteiger partial charge in [-0.2, -0.15) is 0 Å². The van der Waals surface area contributed by atoms with Crippen LogP contribution in [0.4, 0.5) is 0 Å². The number of carbonyl (C=O) groups excluding carboxylic acids is 2. The number of hydrogen-bond donors (Lipinski definition) is 1. The van der Waals surface area contributed by atoms with Crippen LogP contribution in [0, 0.1) is 5.92 Å². The number of carbonyl (C=O) groups is 2. The maximum atomic E-state index is 12.5. The molecule has 4 nitrogen and oxygen atoms in total. The molecule has 0 bridgehead atoms. The smallest absolute Gasteiger partial charge is 0.237 e. The van der Waals surface area contributed by atoms with E-state index in [1.165, 1.54) is 0 Å². The van der Waals surface area contributed by atoms with Crippen molar-refractivity contribution in [2.24, 2.45) is 5.92 Å². The van der Waals surface area contributed by atoms with Crippen LogP contribution in [0.15, 0.2) is 24.3 Å². The summed E-state index contributed by atoms with van der Waals surface area (Å²) >= 11 is 5.85. The third-order valence-electron chi connectivity index (χ3n) is 4.49. The lowest BCUT2D eigenvalue weighted by atomic mass is 9.88. The molecule has 2 fully saturated rings. The van der Waals surface area contributed by atoms with Gasteiger partial charge in [-0.25, -0.2) is 0 Å². The number of piperidine rings is 1. The zero-order valence-electron chi connectivity index (χ0n) is 11.8. The number of nitrogens with one attached hydrogen (secondary N) is 1. The summed E-state index contributed by atoms with van der Waals surface area (Å²) < 4.78 is 0. The van der Waals surface area contributed by atoms with Crippen LogP contribution in [-0.2, 0) is 4.79 Å². The van der Waals surface area contributed by atoms with E-state index in [9.17, 15) is 9.59 Å². The Morgan fingerprint density at radius 1 is 1.14 bits per heavy atom. The lowest BCUT2D eigenvalue weighted by Crippen LogP contribution is -2.46. The van der Waals surface area contributed by atoms with Crippen LogP contribution in [-0.4, -0.2) is 42.3 Å². The average molecular weight is 307 g/mol. The fourth-order valence-corrected chi connectivity index (χ4v) is 3.38. The topological polar surface area (TPSA) is 49.4 Å². The Balaban J connectivity index is 1.59. The second-order valence-corrected chi connectivity index (χ2v) is 6.21. The van der Waals surface area contributed by atoms with Crippen molar-refractivity contribution in [3.05, 3.63) is 34.9 Å². The molecule has 112 valence electrons. The molecule has 1 unspecified atom stereocenters. The van der Waals surface area contributed by atoms with Crippen LogP contribution in [0.2, 0.25) is 5.02 Å². The molecular formula is C16H19ClN2O2. The summed E-state index contributed by atoms with van der Waals surface area (Å²) in [5.41, 5.74) is 0.733. The average Bonchev–Trinajstić information content (AvgIpc) is 2.94. The van der Waals surface area contributed by atoms with Crippen molar-refractivity contribution < 1.29 is 9.59 Å². The number of halogens is 1. The van der Waals surface area contributed by atoms with Gasteiger partial charge in [-0.05, 0) is 56.6 Å². The van der Waals surface area contributed by atoms with Gasteiger partial charge in [0, 0.05) is 23.0 Å². The molecule has 3 rings (SSSR count). The summed E-state index contributed by atoms with van der Waals surface area (Å²) in [5.74, 6) is 0.395. The zero-order chi connectivity index (χ0) is 14.8. The summed E-state index contributed by atoms with van der Waals surface area (Å²) in [6, 6.07) is 7.11. The number of rotatable bonds is 3. The van der Waals surface area contributed by atoms with Crippen molar-refractivity contribution in [2.75, 3.05) is 19.6 Å². The highest BCUT2D eigenvalue weighted by atomic mass is 35.5. The summed E-state index contributed by atoms with van der Waals surface area (Å²) in [5, 5.41) is 3.52. The Morgan fingerprint density at radius 2 is 1.81 bits per heavy atom. The van der Waals surface area contributed by atoms with Crippen molar-refractivity contribution in [3.8, 4) is 0 Å². The lowest BCUT2D eigenvalue weighted by Gasteiger charge is -2.34. The molecule has 0 aliphatic carbocycles. The number of Topliss-reactive ketones (excluding diaryl/α,β-unsaturated/α-hetero) is 1. The molecule has 21 heavy (non-hydrogen) atoms. The Bertz CT molecular complexity index is 536. The molecule has 0 radical (unpaired) electrons. The minimum Gasteiger partial charge on any atom is -0.355 e. The summed E-state index contributed by atoms with van der Waals surface area (Å²) in [7, 11) is 0. The molecule has 1 N–H and O–H groups in total. The van der Waals surface area contributed by atoms with Crippen molar-refractivity contribution in [3.63, 3.8) is 0 Å². The highest BCUT2D eigenvalue weighted by Gasteiger charge is 2.34. The second-order valence-electron chi connectivity index (χ2n) is 5.78. The first kappa shape index (κ1) is 14.5. The predicted octanol–water partition coefficient (Wildman–Crippen LogP) is 2.12. The van der Waals surface area contributed by atoms with Crippen LogP contribution in [0.3, 0.4) is 0 Å². The monoisotopic (exact) mass is 306 g/mol. The molecule has 1 aromatic carbocycles. The summed E-state index contributed by atoms with van der Waals surface area (Å²) in [6.07, 6.45) is 2.53. The Labute approximate surface area is 129 Å². The van der Waals surface area contributed by atoms with Gasteiger partial charge < -0.3 is 5.32 Å². The third-order valence-corrected chi connectivity index (χ3v) is 4.74. The fraction of sp³-hybridized carbons (Fsp3) is 0.500. The van der Waals surface area contributed by atoms with Crippen LogP contribution in [0.25, 0.3) is 0 Å². The SMILES string of the molecule is O=C(c1ccc(Cl)cc1)C1CCN(C2CCNC2=O)CC1. The number of benzene rings is 1. The molecule has 0 aromatic heterocycles.